The highest BCUT2D eigenvalue weighted by Gasteiger charge is 2.14. The summed E-state index contributed by atoms with van der Waals surface area (Å²) in [6.45, 7) is 0.513. The summed E-state index contributed by atoms with van der Waals surface area (Å²) in [5.41, 5.74) is 0.709. The maximum atomic E-state index is 12.9. The van der Waals surface area contributed by atoms with Crippen LogP contribution in [0.2, 0.25) is 5.02 Å². The van der Waals surface area contributed by atoms with Gasteiger partial charge in [-0.25, -0.2) is 4.39 Å². The van der Waals surface area contributed by atoms with E-state index in [1.165, 1.54) is 12.1 Å². The van der Waals surface area contributed by atoms with Crippen molar-refractivity contribution in [3.63, 3.8) is 0 Å². The van der Waals surface area contributed by atoms with Crippen molar-refractivity contribution in [2.45, 2.75) is 0 Å². The highest BCUT2D eigenvalue weighted by Crippen LogP contribution is 2.35. The molecule has 1 nitrogen and oxygen atoms in total. The Bertz CT molecular complexity index is 389. The van der Waals surface area contributed by atoms with E-state index in [-0.39, 0.29) is 5.82 Å². The summed E-state index contributed by atoms with van der Waals surface area (Å²) >= 11 is 7.95. The summed E-state index contributed by atoms with van der Waals surface area (Å²) in [6, 6.07) is 2.67. The smallest absolute Gasteiger partial charge is 0.145 e. The highest BCUT2D eigenvalue weighted by atomic mass is 127. The average Bonchev–Trinajstić information content (AvgIpc) is 2.02. The molecule has 0 saturated heterocycles. The van der Waals surface area contributed by atoms with Crippen LogP contribution in [-0.2, 0) is 0 Å². The molecule has 2 rings (SSSR count). The average molecular weight is 310 g/mol. The predicted octanol–water partition coefficient (Wildman–Crippen LogP) is 3.65. The third-order valence-corrected chi connectivity index (χ3v) is 2.61. The molecule has 0 amide bonds. The Labute approximate surface area is 93.7 Å². The minimum atomic E-state index is -0.338. The number of fused-ring (bicyclic) bond motifs is 1. The molecule has 0 fully saturated rings. The Morgan fingerprint density at radius 1 is 1.46 bits per heavy atom. The summed E-state index contributed by atoms with van der Waals surface area (Å²) in [7, 11) is 0. The number of hydrogen-bond acceptors (Lipinski definition) is 1. The second-order valence-corrected chi connectivity index (χ2v) is 4.48. The van der Waals surface area contributed by atoms with Gasteiger partial charge in [0.1, 0.15) is 18.2 Å². The summed E-state index contributed by atoms with van der Waals surface area (Å²) in [5, 5.41) is 0.329. The number of ether oxygens (including phenoxy) is 1. The van der Waals surface area contributed by atoms with Gasteiger partial charge in [-0.05, 0) is 40.8 Å². The van der Waals surface area contributed by atoms with Crippen molar-refractivity contribution in [2.24, 2.45) is 0 Å². The third kappa shape index (κ3) is 1.81. The predicted molar refractivity (Wildman–Crippen MR) is 58.9 cm³/mol. The van der Waals surface area contributed by atoms with E-state index in [4.69, 9.17) is 16.3 Å². The first-order valence-corrected chi connectivity index (χ1v) is 5.10. The summed E-state index contributed by atoms with van der Waals surface area (Å²) < 4.78 is 19.3. The zero-order valence-corrected chi connectivity index (χ0v) is 9.39. The number of rotatable bonds is 0. The molecular weight excluding hydrogens is 305 g/mol. The lowest BCUT2D eigenvalue weighted by atomic mass is 10.1. The van der Waals surface area contributed by atoms with Crippen molar-refractivity contribution in [3.05, 3.63) is 32.1 Å². The van der Waals surface area contributed by atoms with Gasteiger partial charge in [-0.15, -0.1) is 0 Å². The van der Waals surface area contributed by atoms with E-state index in [0.29, 0.717) is 22.9 Å². The number of hydrogen-bond donors (Lipinski definition) is 0. The van der Waals surface area contributed by atoms with Crippen molar-refractivity contribution in [1.82, 2.24) is 0 Å². The molecule has 13 heavy (non-hydrogen) atoms. The summed E-state index contributed by atoms with van der Waals surface area (Å²) in [4.78, 5) is 0. The van der Waals surface area contributed by atoms with Gasteiger partial charge in [-0.2, -0.15) is 0 Å². The number of halogens is 3. The van der Waals surface area contributed by atoms with Crippen molar-refractivity contribution in [2.75, 3.05) is 6.61 Å². The molecular formula is C9H5ClFIO. The highest BCUT2D eigenvalue weighted by molar-refractivity contribution is 14.1. The van der Waals surface area contributed by atoms with Crippen molar-refractivity contribution in [3.8, 4) is 5.75 Å². The molecule has 1 heterocycles. The van der Waals surface area contributed by atoms with Crippen LogP contribution in [0.3, 0.4) is 0 Å². The largest absolute Gasteiger partial charge is 0.486 e. The monoisotopic (exact) mass is 310 g/mol. The molecule has 0 atom stereocenters. The van der Waals surface area contributed by atoms with Crippen LogP contribution in [0.4, 0.5) is 4.39 Å². The lowest BCUT2D eigenvalue weighted by molar-refractivity contribution is 0.356. The Balaban J connectivity index is 2.61. The van der Waals surface area contributed by atoms with Crippen molar-refractivity contribution >= 4 is 40.3 Å². The molecule has 1 aromatic rings. The van der Waals surface area contributed by atoms with Gasteiger partial charge >= 0.3 is 0 Å². The minimum Gasteiger partial charge on any atom is -0.486 e. The molecule has 0 aliphatic carbocycles. The maximum absolute atomic E-state index is 12.9. The van der Waals surface area contributed by atoms with Crippen LogP contribution in [0.15, 0.2) is 15.7 Å². The second-order valence-electron chi connectivity index (χ2n) is 2.69. The topological polar surface area (TPSA) is 9.23 Å². The molecule has 68 valence electrons. The van der Waals surface area contributed by atoms with Gasteiger partial charge in [-0.3, -0.25) is 0 Å². The first-order chi connectivity index (χ1) is 6.16. The van der Waals surface area contributed by atoms with E-state index in [0.717, 1.165) is 3.58 Å². The van der Waals surface area contributed by atoms with Gasteiger partial charge in [0, 0.05) is 9.14 Å². The fraction of sp³-hybridized carbons (Fsp3) is 0.111. The molecule has 0 bridgehead atoms. The third-order valence-electron chi connectivity index (χ3n) is 1.70. The van der Waals surface area contributed by atoms with Gasteiger partial charge in [0.2, 0.25) is 0 Å². The Morgan fingerprint density at radius 3 is 3.00 bits per heavy atom. The van der Waals surface area contributed by atoms with Gasteiger partial charge in [-0.1, -0.05) is 11.6 Å². The quantitative estimate of drug-likeness (QED) is 0.665. The van der Waals surface area contributed by atoms with Crippen LogP contribution in [0.5, 0.6) is 5.75 Å². The maximum Gasteiger partial charge on any atom is 0.145 e. The molecule has 0 radical (unpaired) electrons. The molecule has 0 unspecified atom stereocenters. The Kier molecular flexibility index (Phi) is 2.47. The summed E-state index contributed by atoms with van der Waals surface area (Å²) in [6.07, 6.45) is 1.87. The lowest BCUT2D eigenvalue weighted by Gasteiger charge is -2.15. The van der Waals surface area contributed by atoms with E-state index in [9.17, 15) is 4.39 Å². The first kappa shape index (κ1) is 9.27. The van der Waals surface area contributed by atoms with Crippen LogP contribution in [-0.4, -0.2) is 6.61 Å². The first-order valence-electron chi connectivity index (χ1n) is 3.65. The van der Waals surface area contributed by atoms with Gasteiger partial charge < -0.3 is 4.74 Å². The fourth-order valence-electron chi connectivity index (χ4n) is 1.19. The molecule has 0 N–H and O–H groups in total. The van der Waals surface area contributed by atoms with Crippen LogP contribution in [0.1, 0.15) is 5.56 Å². The van der Waals surface area contributed by atoms with Gasteiger partial charge in [0.05, 0.1) is 5.02 Å². The molecule has 1 aliphatic heterocycles. The van der Waals surface area contributed by atoms with Crippen LogP contribution >= 0.6 is 34.2 Å². The van der Waals surface area contributed by atoms with Crippen molar-refractivity contribution in [1.29, 1.82) is 0 Å². The molecule has 0 aromatic heterocycles. The van der Waals surface area contributed by atoms with E-state index in [2.05, 4.69) is 22.6 Å². The fourth-order valence-corrected chi connectivity index (χ4v) is 1.95. The molecule has 0 spiro atoms. The van der Waals surface area contributed by atoms with E-state index in [1.54, 1.807) is 0 Å². The molecule has 1 aliphatic rings. The minimum absolute atomic E-state index is 0.329. The zero-order chi connectivity index (χ0) is 9.42. The SMILES string of the molecule is Fc1cc(Cl)c2c(c1)C=C(I)CO2. The standard InChI is InChI=1S/C9H5ClFIO/c10-8-3-6(11)1-5-2-7(12)4-13-9(5)8/h1-3H,4H2. The lowest BCUT2D eigenvalue weighted by Crippen LogP contribution is -2.04. The molecule has 4 heteroatoms. The number of benzene rings is 1. The van der Waals surface area contributed by atoms with Gasteiger partial charge in [0.25, 0.3) is 0 Å². The van der Waals surface area contributed by atoms with E-state index < -0.39 is 0 Å². The van der Waals surface area contributed by atoms with Crippen molar-refractivity contribution < 1.29 is 9.13 Å². The van der Waals surface area contributed by atoms with Crippen LogP contribution in [0, 0.1) is 5.82 Å². The normalized spacial score (nSPS) is 14.5. The van der Waals surface area contributed by atoms with E-state index in [1.807, 2.05) is 6.08 Å². The summed E-state index contributed by atoms with van der Waals surface area (Å²) in [5.74, 6) is 0.234. The Hall–Kier alpha value is -0.290. The van der Waals surface area contributed by atoms with Crippen LogP contribution < -0.4 is 4.74 Å². The van der Waals surface area contributed by atoms with Crippen LogP contribution in [0.25, 0.3) is 6.08 Å². The second kappa shape index (κ2) is 3.46. The van der Waals surface area contributed by atoms with E-state index >= 15 is 0 Å². The molecule has 1 aromatic carbocycles. The molecule has 0 saturated carbocycles. The van der Waals surface area contributed by atoms with Gasteiger partial charge in [0.15, 0.2) is 0 Å². The zero-order valence-electron chi connectivity index (χ0n) is 6.48. The Morgan fingerprint density at radius 2 is 2.23 bits per heavy atom.